The third-order valence-electron chi connectivity index (χ3n) is 3.47. The molecule has 6 heteroatoms. The van der Waals surface area contributed by atoms with Gasteiger partial charge in [-0.2, -0.15) is 0 Å². The van der Waals surface area contributed by atoms with E-state index < -0.39 is 0 Å². The number of guanidine groups is 1. The third kappa shape index (κ3) is 6.21. The van der Waals surface area contributed by atoms with E-state index in [4.69, 9.17) is 5.73 Å². The summed E-state index contributed by atoms with van der Waals surface area (Å²) in [5.41, 5.74) is 8.04. The van der Waals surface area contributed by atoms with Crippen molar-refractivity contribution in [3.05, 3.63) is 29.8 Å². The molecule has 1 saturated carbocycles. The maximum Gasteiger partial charge on any atom is 0.223 e. The fraction of sp³-hybridized carbons (Fsp3) is 0.500. The lowest BCUT2D eigenvalue weighted by molar-refractivity contribution is -0.122. The summed E-state index contributed by atoms with van der Waals surface area (Å²) in [5, 5.41) is 5.93. The highest BCUT2D eigenvalue weighted by atomic mass is 127. The Morgan fingerprint density at radius 1 is 1.41 bits per heavy atom. The normalized spacial score (nSPS) is 14.4. The highest BCUT2D eigenvalue weighted by molar-refractivity contribution is 14.0. The van der Waals surface area contributed by atoms with Crippen LogP contribution in [0.1, 0.15) is 38.2 Å². The number of carbonyl (C=O) groups excluding carboxylic acids is 1. The van der Waals surface area contributed by atoms with Crippen LogP contribution in [0.2, 0.25) is 0 Å². The Morgan fingerprint density at radius 3 is 2.77 bits per heavy atom. The molecule has 0 heterocycles. The Morgan fingerprint density at radius 2 is 2.14 bits per heavy atom. The van der Waals surface area contributed by atoms with Crippen molar-refractivity contribution < 1.29 is 4.79 Å². The van der Waals surface area contributed by atoms with Crippen LogP contribution in [0.25, 0.3) is 0 Å². The number of nitrogens with zero attached hydrogens (tertiary/aromatic N) is 1. The molecule has 0 bridgehead atoms. The number of rotatable bonds is 6. The van der Waals surface area contributed by atoms with Crippen molar-refractivity contribution in [1.82, 2.24) is 5.32 Å². The maximum atomic E-state index is 11.4. The first kappa shape index (κ1) is 18.7. The number of hydrogen-bond acceptors (Lipinski definition) is 2. The van der Waals surface area contributed by atoms with Crippen molar-refractivity contribution >= 4 is 41.5 Å². The zero-order valence-electron chi connectivity index (χ0n) is 13.1. The SMILES string of the molecule is CC(C)c1cccc(NC(N)=NCCNC(=O)C2CC2)c1.I. The van der Waals surface area contributed by atoms with Crippen LogP contribution in [0.5, 0.6) is 0 Å². The van der Waals surface area contributed by atoms with E-state index in [2.05, 4.69) is 41.6 Å². The van der Waals surface area contributed by atoms with Gasteiger partial charge in [0.25, 0.3) is 0 Å². The number of benzene rings is 1. The van der Waals surface area contributed by atoms with Crippen LogP contribution in [0, 0.1) is 5.92 Å². The molecule has 0 aliphatic heterocycles. The van der Waals surface area contributed by atoms with Gasteiger partial charge < -0.3 is 16.4 Å². The molecule has 0 spiro atoms. The van der Waals surface area contributed by atoms with Crippen molar-refractivity contribution in [1.29, 1.82) is 0 Å². The summed E-state index contributed by atoms with van der Waals surface area (Å²) in [6.07, 6.45) is 2.04. The molecule has 0 aromatic heterocycles. The van der Waals surface area contributed by atoms with Crippen LogP contribution in [0.4, 0.5) is 5.69 Å². The lowest BCUT2D eigenvalue weighted by atomic mass is 10.0. The lowest BCUT2D eigenvalue weighted by Gasteiger charge is -2.10. The molecule has 1 amide bonds. The van der Waals surface area contributed by atoms with Crippen molar-refractivity contribution in [3.8, 4) is 0 Å². The predicted octanol–water partition coefficient (Wildman–Crippen LogP) is 2.68. The van der Waals surface area contributed by atoms with Gasteiger partial charge in [0, 0.05) is 18.2 Å². The molecule has 1 aromatic carbocycles. The van der Waals surface area contributed by atoms with E-state index in [1.165, 1.54) is 5.56 Å². The third-order valence-corrected chi connectivity index (χ3v) is 3.47. The number of halogens is 1. The average molecular weight is 416 g/mol. The van der Waals surface area contributed by atoms with E-state index in [1.54, 1.807) is 0 Å². The maximum absolute atomic E-state index is 11.4. The largest absolute Gasteiger partial charge is 0.370 e. The van der Waals surface area contributed by atoms with Crippen LogP contribution in [0.3, 0.4) is 0 Å². The number of nitrogens with two attached hydrogens (primary N) is 1. The minimum atomic E-state index is 0. The molecular weight excluding hydrogens is 391 g/mol. The summed E-state index contributed by atoms with van der Waals surface area (Å²) in [4.78, 5) is 15.7. The summed E-state index contributed by atoms with van der Waals surface area (Å²) in [5.74, 6) is 1.23. The monoisotopic (exact) mass is 416 g/mol. The van der Waals surface area contributed by atoms with Gasteiger partial charge in [-0.3, -0.25) is 9.79 Å². The molecule has 0 saturated heterocycles. The molecule has 1 fully saturated rings. The van der Waals surface area contributed by atoms with Crippen molar-refractivity contribution in [3.63, 3.8) is 0 Å². The Balaban J connectivity index is 0.00000242. The minimum Gasteiger partial charge on any atom is -0.370 e. The minimum absolute atomic E-state index is 0. The second-order valence-electron chi connectivity index (χ2n) is 5.74. The lowest BCUT2D eigenvalue weighted by Crippen LogP contribution is -2.29. The van der Waals surface area contributed by atoms with Crippen LogP contribution in [-0.4, -0.2) is 25.0 Å². The highest BCUT2D eigenvalue weighted by Gasteiger charge is 2.28. The van der Waals surface area contributed by atoms with Gasteiger partial charge in [0.15, 0.2) is 5.96 Å². The number of carbonyl (C=O) groups is 1. The van der Waals surface area contributed by atoms with E-state index in [0.29, 0.717) is 25.0 Å². The Bertz CT molecular complexity index is 527. The number of anilines is 1. The van der Waals surface area contributed by atoms with Gasteiger partial charge in [-0.05, 0) is 36.5 Å². The smallest absolute Gasteiger partial charge is 0.223 e. The molecule has 1 aliphatic rings. The molecular formula is C16H25IN4O. The molecule has 0 atom stereocenters. The molecule has 4 N–H and O–H groups in total. The first-order valence-corrected chi connectivity index (χ1v) is 7.51. The Labute approximate surface area is 149 Å². The zero-order valence-corrected chi connectivity index (χ0v) is 15.5. The van der Waals surface area contributed by atoms with Gasteiger partial charge in [-0.1, -0.05) is 26.0 Å². The topological polar surface area (TPSA) is 79.5 Å². The summed E-state index contributed by atoms with van der Waals surface area (Å²) >= 11 is 0. The van der Waals surface area contributed by atoms with Crippen molar-refractivity contribution in [2.45, 2.75) is 32.6 Å². The molecule has 0 unspecified atom stereocenters. The van der Waals surface area contributed by atoms with E-state index in [0.717, 1.165) is 18.5 Å². The van der Waals surface area contributed by atoms with Gasteiger partial charge in [0.1, 0.15) is 0 Å². The summed E-state index contributed by atoms with van der Waals surface area (Å²) in [6, 6.07) is 8.13. The van der Waals surface area contributed by atoms with E-state index in [1.807, 2.05) is 12.1 Å². The second kappa shape index (κ2) is 8.97. The number of nitrogens with one attached hydrogen (secondary N) is 2. The number of hydrogen-bond donors (Lipinski definition) is 3. The highest BCUT2D eigenvalue weighted by Crippen LogP contribution is 2.28. The molecule has 122 valence electrons. The van der Waals surface area contributed by atoms with Crippen LogP contribution in [0.15, 0.2) is 29.3 Å². The summed E-state index contributed by atoms with van der Waals surface area (Å²) in [6.45, 7) is 5.32. The summed E-state index contributed by atoms with van der Waals surface area (Å²) < 4.78 is 0. The van der Waals surface area contributed by atoms with E-state index in [9.17, 15) is 4.79 Å². The molecule has 2 rings (SSSR count). The van der Waals surface area contributed by atoms with Gasteiger partial charge in [-0.25, -0.2) is 0 Å². The average Bonchev–Trinajstić information content (AvgIpc) is 3.28. The fourth-order valence-corrected chi connectivity index (χ4v) is 2.01. The van der Waals surface area contributed by atoms with Gasteiger partial charge >= 0.3 is 0 Å². The van der Waals surface area contributed by atoms with Crippen molar-refractivity contribution in [2.24, 2.45) is 16.6 Å². The summed E-state index contributed by atoms with van der Waals surface area (Å²) in [7, 11) is 0. The zero-order chi connectivity index (χ0) is 15.2. The molecule has 1 aliphatic carbocycles. The number of amides is 1. The van der Waals surface area contributed by atoms with Crippen LogP contribution < -0.4 is 16.4 Å². The van der Waals surface area contributed by atoms with Crippen molar-refractivity contribution in [2.75, 3.05) is 18.4 Å². The van der Waals surface area contributed by atoms with Gasteiger partial charge in [0.2, 0.25) is 5.91 Å². The van der Waals surface area contributed by atoms with E-state index in [-0.39, 0.29) is 35.8 Å². The first-order chi connectivity index (χ1) is 10.1. The molecule has 0 radical (unpaired) electrons. The van der Waals surface area contributed by atoms with Crippen LogP contribution >= 0.6 is 24.0 Å². The molecule has 1 aromatic rings. The van der Waals surface area contributed by atoms with Gasteiger partial charge in [-0.15, -0.1) is 24.0 Å². The number of aliphatic imine (C=N–C) groups is 1. The van der Waals surface area contributed by atoms with Gasteiger partial charge in [0.05, 0.1) is 6.54 Å². The second-order valence-corrected chi connectivity index (χ2v) is 5.74. The first-order valence-electron chi connectivity index (χ1n) is 7.51. The molecule has 5 nitrogen and oxygen atoms in total. The van der Waals surface area contributed by atoms with E-state index >= 15 is 0 Å². The quantitative estimate of drug-likeness (QED) is 0.289. The predicted molar refractivity (Wildman–Crippen MR) is 102 cm³/mol. The van der Waals surface area contributed by atoms with Crippen LogP contribution in [-0.2, 0) is 4.79 Å². The molecule has 22 heavy (non-hydrogen) atoms. The fourth-order valence-electron chi connectivity index (χ4n) is 2.01. The Hall–Kier alpha value is -1.31. The standard InChI is InChI=1S/C16H24N4O.HI/c1-11(2)13-4-3-5-14(10-13)20-16(17)19-9-8-18-15(21)12-6-7-12;/h3-5,10-12H,6-9H2,1-2H3,(H,18,21)(H3,17,19,20);1H. The Kier molecular flexibility index (Phi) is 7.64.